The number of aromatic nitrogens is 2. The largest absolute Gasteiger partial charge is 0.481 e. The molecule has 702 valence electrons. The highest BCUT2D eigenvalue weighted by molar-refractivity contribution is 7.80. The van der Waals surface area contributed by atoms with Crippen molar-refractivity contribution in [3.63, 3.8) is 0 Å². The summed E-state index contributed by atoms with van der Waals surface area (Å²) in [5.74, 6) is -32.6. The highest BCUT2D eigenvalue weighted by atomic mass is 32.1. The monoisotopic (exact) mass is 1830 g/mol. The number of aliphatic carboxylic acids is 3. The first-order valence-electron chi connectivity index (χ1n) is 38.2. The molecule has 0 aromatic carbocycles. The zero-order chi connectivity index (χ0) is 95.8. The fourth-order valence-electron chi connectivity index (χ4n) is 10.9. The van der Waals surface area contributed by atoms with Crippen molar-refractivity contribution in [1.82, 2.24) is 89.7 Å². The van der Waals surface area contributed by atoms with Gasteiger partial charge < -0.3 is 162 Å². The molecule has 1 aromatic heterocycles. The van der Waals surface area contributed by atoms with E-state index < -0.39 is 385 Å². The number of nitrogens with zero attached hydrogens (tertiary/aromatic N) is 1. The number of carboxylic acids is 3. The van der Waals surface area contributed by atoms with Gasteiger partial charge in [0.1, 0.15) is 90.6 Å². The van der Waals surface area contributed by atoms with Gasteiger partial charge in [0.25, 0.3) is 0 Å². The first-order chi connectivity index (χ1) is 59.1. The highest BCUT2D eigenvalue weighted by Crippen LogP contribution is 2.14. The molecule has 1 aromatic rings. The van der Waals surface area contributed by atoms with Gasteiger partial charge in [-0.3, -0.25) is 116 Å². The molecule has 0 saturated carbocycles. The summed E-state index contributed by atoms with van der Waals surface area (Å²) >= 11 is 8.27. The number of amides is 21. The number of guanidine groups is 1. The minimum Gasteiger partial charge on any atom is -0.481 e. The summed E-state index contributed by atoms with van der Waals surface area (Å²) in [4.78, 5) is 322. The van der Waals surface area contributed by atoms with Crippen molar-refractivity contribution < 1.29 is 141 Å². The van der Waals surface area contributed by atoms with Gasteiger partial charge in [-0.25, -0.2) is 9.78 Å². The molecule has 0 aliphatic carbocycles. The van der Waals surface area contributed by atoms with E-state index in [1.807, 2.05) is 5.32 Å². The van der Waals surface area contributed by atoms with Crippen LogP contribution in [0.1, 0.15) is 128 Å². The van der Waals surface area contributed by atoms with Gasteiger partial charge in [-0.05, 0) is 64.2 Å². The van der Waals surface area contributed by atoms with Crippen LogP contribution >= 0.6 is 25.3 Å². The lowest BCUT2D eigenvalue weighted by atomic mass is 10.0. The minimum atomic E-state index is -2.14. The summed E-state index contributed by atoms with van der Waals surface area (Å²) in [5.41, 5.74) is 48.3. The quantitative estimate of drug-likeness (QED) is 0.0125. The van der Waals surface area contributed by atoms with E-state index in [4.69, 9.17) is 57.0 Å². The number of H-pyrrole nitrogens is 1. The van der Waals surface area contributed by atoms with Crippen LogP contribution in [0.15, 0.2) is 12.5 Å². The van der Waals surface area contributed by atoms with Crippen molar-refractivity contribution in [1.29, 1.82) is 5.41 Å². The average molecular weight is 1830 g/mol. The third-order valence-corrected chi connectivity index (χ3v) is 18.4. The standard InChI is InChI=1S/C68H109N27O29S2/c69-29(23-96)53(109)93-41(24-97)64(120)89-35(7-15-48(74)102)61(117)91-39(20-28-22-79-27-81-28)62(118)87-32(4-12-45(71)99)57(113)85-36(9-17-51(105)106)58(114)82-30(2-1-19-80-68(77)78)54(110)94-43(26-126)66(122)95-42(25-125)65(121)92-40(21-50(76)104)63(119)88-33(5-13-46(72)100)56(112)83-31(3-11-44(70)98)55(111)86-37(10-18-52(107)108)59(115)84-34(6-14-47(73)101)60(116)90-38(67(123)124)8-16-49(75)103/h22,27,29-43,96-97,125-126H,1-21,23-26,69H2,(H2,70,98)(H2,71,99)(H2,72,100)(H2,73,101)(H2,74,102)(H2,75,103)(H2,76,104)(H,79,81)(H,82,114)(H,83,112)(H,84,115)(H,85,113)(H,86,111)(H,87,118)(H,88,119)(H,89,120)(H,90,116)(H,91,117)(H,92,121)(H,93,109)(H,94,110)(H,95,122)(H,105,106)(H,107,108)(H,123,124)(H4,77,78,80)/t29-,30-,31-,32-,33-,34-,35-,36-,37-,38-,39-,40-,41-,42-,43-/m0/s1. The normalized spacial score (nSPS) is 14.4. The first kappa shape index (κ1) is 110. The number of nitrogens with two attached hydrogens (primary N) is 9. The Morgan fingerprint density at radius 2 is 0.587 bits per heavy atom. The number of rotatable bonds is 65. The van der Waals surface area contributed by atoms with E-state index in [-0.39, 0.29) is 18.7 Å². The number of thiol groups is 2. The number of carboxylic acid groups (broad SMARTS) is 3. The molecule has 126 heavy (non-hydrogen) atoms. The van der Waals surface area contributed by atoms with Gasteiger partial charge in [0, 0.05) is 87.7 Å². The molecule has 0 saturated heterocycles. The lowest BCUT2D eigenvalue weighted by molar-refractivity contribution is -0.143. The predicted molar refractivity (Wildman–Crippen MR) is 434 cm³/mol. The third kappa shape index (κ3) is 44.4. The van der Waals surface area contributed by atoms with Gasteiger partial charge >= 0.3 is 17.9 Å². The van der Waals surface area contributed by atoms with Crippen LogP contribution in [0.25, 0.3) is 0 Å². The SMILES string of the molecule is N=C(N)NCCC[C@H](NC(=O)[C@H](CCC(=O)O)NC(=O)[C@H](CCC(N)=O)NC(=O)[C@H](Cc1cnc[nH]1)NC(=O)[C@H](CCC(N)=O)NC(=O)[C@H](CO)NC(=O)[C@@H](N)CO)C(=O)N[C@@H](CS)C(=O)N[C@@H](CS)C(=O)N[C@@H](CC(N)=O)C(=O)N[C@@H](CCC(N)=O)C(=O)N[C@@H](CCC(N)=O)C(=O)N[C@@H](CCC(=O)O)C(=O)N[C@@H](CCC(N)=O)C(=O)N[C@@H](CCC(N)=O)C(=O)O. The zero-order valence-corrected chi connectivity index (χ0v) is 69.4. The molecule has 0 unspecified atom stereocenters. The maximum Gasteiger partial charge on any atom is 0.326 e. The number of hydrogen-bond donors (Lipinski definition) is 33. The van der Waals surface area contributed by atoms with Crippen LogP contribution < -0.4 is 131 Å². The summed E-state index contributed by atoms with van der Waals surface area (Å²) in [6, 6.07) is -28.3. The number of aliphatic hydroxyl groups is 2. The van der Waals surface area contributed by atoms with Gasteiger partial charge in [-0.2, -0.15) is 25.3 Å². The Kier molecular flexibility index (Phi) is 50.5. The molecule has 0 radical (unpaired) electrons. The van der Waals surface area contributed by atoms with Crippen molar-refractivity contribution in [2.45, 2.75) is 219 Å². The number of hydrogen-bond acceptors (Lipinski definition) is 31. The highest BCUT2D eigenvalue weighted by Gasteiger charge is 2.40. The van der Waals surface area contributed by atoms with Gasteiger partial charge in [0.2, 0.25) is 124 Å². The number of imidazole rings is 1. The third-order valence-electron chi connectivity index (χ3n) is 17.7. The topological polar surface area (TPSA) is 978 Å². The van der Waals surface area contributed by atoms with E-state index in [0.717, 1.165) is 6.33 Å². The molecule has 40 N–H and O–H groups in total. The molecule has 58 heteroatoms. The molecule has 21 amide bonds. The van der Waals surface area contributed by atoms with Gasteiger partial charge in [-0.15, -0.1) is 0 Å². The molecular weight excluding hydrogens is 1720 g/mol. The summed E-state index contributed by atoms with van der Waals surface area (Å²) in [6.45, 7) is -2.16. The van der Waals surface area contributed by atoms with Crippen molar-refractivity contribution in [2.75, 3.05) is 31.3 Å². The van der Waals surface area contributed by atoms with Crippen molar-refractivity contribution >= 4 is 173 Å². The lowest BCUT2D eigenvalue weighted by Gasteiger charge is -2.28. The summed E-state index contributed by atoms with van der Waals surface area (Å²) in [5, 5.41) is 89.0. The van der Waals surface area contributed by atoms with Gasteiger partial charge in [-0.1, -0.05) is 0 Å². The molecule has 0 spiro atoms. The molecule has 1 rings (SSSR count). The van der Waals surface area contributed by atoms with Crippen LogP contribution in [-0.4, -0.2) is 305 Å². The van der Waals surface area contributed by atoms with Crippen molar-refractivity contribution in [3.05, 3.63) is 18.2 Å². The summed E-state index contributed by atoms with van der Waals surface area (Å²) in [7, 11) is 0. The number of aliphatic hydroxyl groups excluding tert-OH is 2. The van der Waals surface area contributed by atoms with Crippen LogP contribution in [0.4, 0.5) is 0 Å². The minimum absolute atomic E-state index is 0.130. The fourth-order valence-corrected chi connectivity index (χ4v) is 11.4. The molecule has 56 nitrogen and oxygen atoms in total. The molecule has 0 aliphatic rings. The maximum atomic E-state index is 14.5. The number of nitrogens with one attached hydrogen (secondary N) is 17. The molecule has 15 atom stereocenters. The number of carbonyl (C=O) groups excluding carboxylic acids is 21. The second kappa shape index (κ2) is 57.7. The summed E-state index contributed by atoms with van der Waals surface area (Å²) < 4.78 is 0. The van der Waals surface area contributed by atoms with E-state index in [2.05, 4.69) is 110 Å². The second-order valence-corrected chi connectivity index (χ2v) is 28.6. The molecule has 0 bridgehead atoms. The molecule has 0 fully saturated rings. The number of carbonyl (C=O) groups is 24. The van der Waals surface area contributed by atoms with E-state index in [0.29, 0.717) is 0 Å². The lowest BCUT2D eigenvalue weighted by Crippen LogP contribution is -2.61. The van der Waals surface area contributed by atoms with Gasteiger partial charge in [0.15, 0.2) is 5.96 Å². The first-order valence-corrected chi connectivity index (χ1v) is 39.5. The average Bonchev–Trinajstić information content (AvgIpc) is 1.09. The Balaban J connectivity index is 3.77. The maximum absolute atomic E-state index is 14.5. The fraction of sp³-hybridized carbons (Fsp3) is 0.588. The Morgan fingerprint density at radius 1 is 0.333 bits per heavy atom. The molecule has 1 heterocycles. The zero-order valence-electron chi connectivity index (χ0n) is 67.6. The van der Waals surface area contributed by atoms with Crippen LogP contribution in [0.5, 0.6) is 0 Å². The van der Waals surface area contributed by atoms with Crippen LogP contribution in [0.3, 0.4) is 0 Å². The van der Waals surface area contributed by atoms with E-state index in [1.165, 1.54) is 6.20 Å². The van der Waals surface area contributed by atoms with Crippen molar-refractivity contribution in [2.24, 2.45) is 51.6 Å². The summed E-state index contributed by atoms with van der Waals surface area (Å²) in [6.07, 6.45) is -11.2. The molecular formula is C68H109N27O29S2. The van der Waals surface area contributed by atoms with Crippen LogP contribution in [0, 0.1) is 5.41 Å². The van der Waals surface area contributed by atoms with E-state index >= 15 is 0 Å². The Bertz CT molecular complexity index is 4070. The van der Waals surface area contributed by atoms with Crippen molar-refractivity contribution in [3.8, 4) is 0 Å². The van der Waals surface area contributed by atoms with E-state index in [1.54, 1.807) is 0 Å². The number of aromatic amines is 1. The van der Waals surface area contributed by atoms with Crippen LogP contribution in [0.2, 0.25) is 0 Å². The Morgan fingerprint density at radius 3 is 0.857 bits per heavy atom. The number of primary amides is 7. The second-order valence-electron chi connectivity index (χ2n) is 27.9. The Hall–Kier alpha value is -13.7. The van der Waals surface area contributed by atoms with Crippen LogP contribution in [-0.2, 0) is 121 Å². The predicted octanol–water partition coefficient (Wildman–Crippen LogP) is -16.5. The smallest absolute Gasteiger partial charge is 0.326 e. The Labute approximate surface area is 726 Å². The molecule has 0 aliphatic heterocycles. The van der Waals surface area contributed by atoms with Gasteiger partial charge in [0.05, 0.1) is 26.0 Å². The van der Waals surface area contributed by atoms with E-state index in [9.17, 15) is 141 Å².